The predicted molar refractivity (Wildman–Crippen MR) is 69.8 cm³/mol. The molecular weight excluding hydrogens is 229 g/mol. The van der Waals surface area contributed by atoms with E-state index in [4.69, 9.17) is 5.73 Å². The van der Waals surface area contributed by atoms with Crippen molar-refractivity contribution < 1.29 is 9.18 Å². The molecule has 0 bridgehead atoms. The monoisotopic (exact) mass is 249 g/mol. The summed E-state index contributed by atoms with van der Waals surface area (Å²) in [5.74, 6) is -0.104. The second-order valence-corrected chi connectivity index (χ2v) is 5.36. The van der Waals surface area contributed by atoms with Crippen molar-refractivity contribution in [1.82, 2.24) is 0 Å². The number of ketones is 1. The lowest BCUT2D eigenvalue weighted by Crippen LogP contribution is -2.37. The number of nitrogens with two attached hydrogens (primary N) is 1. The number of rotatable bonds is 4. The van der Waals surface area contributed by atoms with E-state index in [1.807, 2.05) is 6.92 Å². The van der Waals surface area contributed by atoms with Crippen molar-refractivity contribution in [3.05, 3.63) is 35.1 Å². The minimum absolute atomic E-state index is 0.177. The van der Waals surface area contributed by atoms with E-state index >= 15 is 0 Å². The Morgan fingerprint density at radius 1 is 1.39 bits per heavy atom. The SMILES string of the molecule is Cc1ccc(F)cc1CC(=O)C1(CN)CCCC1. The zero-order chi connectivity index (χ0) is 13.2. The molecule has 0 spiro atoms. The summed E-state index contributed by atoms with van der Waals surface area (Å²) in [6.07, 6.45) is 4.23. The molecule has 0 aliphatic heterocycles. The van der Waals surface area contributed by atoms with Crippen molar-refractivity contribution in [2.45, 2.75) is 39.0 Å². The zero-order valence-corrected chi connectivity index (χ0v) is 10.8. The molecule has 3 heteroatoms. The first-order chi connectivity index (χ1) is 8.57. The van der Waals surface area contributed by atoms with Crippen molar-refractivity contribution in [3.8, 4) is 0 Å². The number of Topliss-reactive ketones (excluding diaryl/α,β-unsaturated/α-hetero) is 1. The smallest absolute Gasteiger partial charge is 0.144 e. The Kier molecular flexibility index (Phi) is 3.81. The van der Waals surface area contributed by atoms with Crippen molar-refractivity contribution in [2.24, 2.45) is 11.1 Å². The lowest BCUT2D eigenvalue weighted by atomic mass is 9.79. The molecule has 1 fully saturated rings. The van der Waals surface area contributed by atoms with Gasteiger partial charge in [-0.2, -0.15) is 0 Å². The average molecular weight is 249 g/mol. The Bertz CT molecular complexity index is 450. The van der Waals surface area contributed by atoms with Gasteiger partial charge in [0.25, 0.3) is 0 Å². The summed E-state index contributed by atoms with van der Waals surface area (Å²) in [6.45, 7) is 2.33. The quantitative estimate of drug-likeness (QED) is 0.891. The maximum absolute atomic E-state index is 13.2. The average Bonchev–Trinajstić information content (AvgIpc) is 2.84. The largest absolute Gasteiger partial charge is 0.329 e. The van der Waals surface area contributed by atoms with Gasteiger partial charge in [-0.1, -0.05) is 18.9 Å². The van der Waals surface area contributed by atoms with E-state index < -0.39 is 0 Å². The lowest BCUT2D eigenvalue weighted by Gasteiger charge is -2.25. The van der Waals surface area contributed by atoms with Crippen LogP contribution in [0, 0.1) is 18.2 Å². The minimum Gasteiger partial charge on any atom is -0.329 e. The van der Waals surface area contributed by atoms with Crippen LogP contribution in [0.25, 0.3) is 0 Å². The highest BCUT2D eigenvalue weighted by Crippen LogP contribution is 2.38. The van der Waals surface area contributed by atoms with Crippen molar-refractivity contribution in [3.63, 3.8) is 0 Å². The Morgan fingerprint density at radius 3 is 2.67 bits per heavy atom. The molecule has 18 heavy (non-hydrogen) atoms. The van der Waals surface area contributed by atoms with Crippen LogP contribution in [0.5, 0.6) is 0 Å². The Balaban J connectivity index is 2.18. The van der Waals surface area contributed by atoms with Crippen LogP contribution < -0.4 is 5.73 Å². The third-order valence-corrected chi connectivity index (χ3v) is 4.21. The number of carbonyl (C=O) groups is 1. The molecule has 0 radical (unpaired) electrons. The van der Waals surface area contributed by atoms with Crippen LogP contribution in [0.1, 0.15) is 36.8 Å². The molecule has 0 saturated heterocycles. The first-order valence-corrected chi connectivity index (χ1v) is 6.56. The van der Waals surface area contributed by atoms with E-state index in [1.165, 1.54) is 12.1 Å². The lowest BCUT2D eigenvalue weighted by molar-refractivity contribution is -0.127. The molecule has 2 rings (SSSR count). The Labute approximate surface area is 107 Å². The molecule has 1 aliphatic rings. The van der Waals surface area contributed by atoms with Gasteiger partial charge in [0, 0.05) is 18.4 Å². The summed E-state index contributed by atoms with van der Waals surface area (Å²) >= 11 is 0. The van der Waals surface area contributed by atoms with Gasteiger partial charge >= 0.3 is 0 Å². The number of benzene rings is 1. The summed E-state index contributed by atoms with van der Waals surface area (Å²) in [6, 6.07) is 4.62. The highest BCUT2D eigenvalue weighted by Gasteiger charge is 2.39. The van der Waals surface area contributed by atoms with Crippen LogP contribution in [0.15, 0.2) is 18.2 Å². The first-order valence-electron chi connectivity index (χ1n) is 6.56. The molecule has 2 N–H and O–H groups in total. The fourth-order valence-corrected chi connectivity index (χ4v) is 2.84. The second-order valence-electron chi connectivity index (χ2n) is 5.36. The maximum atomic E-state index is 13.2. The van der Waals surface area contributed by atoms with E-state index in [9.17, 15) is 9.18 Å². The molecule has 0 heterocycles. The maximum Gasteiger partial charge on any atom is 0.144 e. The van der Waals surface area contributed by atoms with Crippen molar-refractivity contribution in [1.29, 1.82) is 0 Å². The normalized spacial score (nSPS) is 17.9. The van der Waals surface area contributed by atoms with Crippen LogP contribution in [-0.4, -0.2) is 12.3 Å². The highest BCUT2D eigenvalue weighted by atomic mass is 19.1. The van der Waals surface area contributed by atoms with Gasteiger partial charge in [-0.25, -0.2) is 4.39 Å². The number of hydrogen-bond acceptors (Lipinski definition) is 2. The topological polar surface area (TPSA) is 43.1 Å². The van der Waals surface area contributed by atoms with Crippen LogP contribution in [0.4, 0.5) is 4.39 Å². The van der Waals surface area contributed by atoms with Crippen LogP contribution in [0.2, 0.25) is 0 Å². The number of carbonyl (C=O) groups excluding carboxylic acids is 1. The summed E-state index contributed by atoms with van der Waals surface area (Å²) in [7, 11) is 0. The molecule has 0 aromatic heterocycles. The van der Waals surface area contributed by atoms with E-state index in [-0.39, 0.29) is 17.0 Å². The molecule has 1 aliphatic carbocycles. The Morgan fingerprint density at radius 2 is 2.06 bits per heavy atom. The fourth-order valence-electron chi connectivity index (χ4n) is 2.84. The molecular formula is C15H20FNO. The first kappa shape index (κ1) is 13.2. The highest BCUT2D eigenvalue weighted by molar-refractivity contribution is 5.87. The van der Waals surface area contributed by atoms with Gasteiger partial charge in [-0.05, 0) is 43.0 Å². The predicted octanol–water partition coefficient (Wildman–Crippen LogP) is 2.76. The van der Waals surface area contributed by atoms with Gasteiger partial charge in [0.2, 0.25) is 0 Å². The number of halogens is 1. The van der Waals surface area contributed by atoms with Crippen LogP contribution in [0.3, 0.4) is 0 Å². The van der Waals surface area contributed by atoms with E-state index in [2.05, 4.69) is 0 Å². The van der Waals surface area contributed by atoms with E-state index in [0.717, 1.165) is 36.8 Å². The van der Waals surface area contributed by atoms with Crippen LogP contribution >= 0.6 is 0 Å². The van der Waals surface area contributed by atoms with E-state index in [1.54, 1.807) is 6.07 Å². The molecule has 1 aromatic rings. The van der Waals surface area contributed by atoms with E-state index in [0.29, 0.717) is 13.0 Å². The zero-order valence-electron chi connectivity index (χ0n) is 10.8. The van der Waals surface area contributed by atoms with Gasteiger partial charge < -0.3 is 5.73 Å². The molecule has 0 atom stereocenters. The third kappa shape index (κ3) is 2.46. The second kappa shape index (κ2) is 5.19. The van der Waals surface area contributed by atoms with Gasteiger partial charge in [0.05, 0.1) is 0 Å². The summed E-state index contributed by atoms with van der Waals surface area (Å²) in [4.78, 5) is 12.4. The molecule has 1 saturated carbocycles. The minimum atomic E-state index is -0.348. The van der Waals surface area contributed by atoms with Gasteiger partial charge in [-0.15, -0.1) is 0 Å². The van der Waals surface area contributed by atoms with Crippen molar-refractivity contribution in [2.75, 3.05) is 6.54 Å². The van der Waals surface area contributed by atoms with Crippen LogP contribution in [-0.2, 0) is 11.2 Å². The summed E-state index contributed by atoms with van der Waals surface area (Å²) in [5, 5.41) is 0. The summed E-state index contributed by atoms with van der Waals surface area (Å²) < 4.78 is 13.2. The molecule has 0 unspecified atom stereocenters. The van der Waals surface area contributed by atoms with Gasteiger partial charge in [0.1, 0.15) is 11.6 Å². The van der Waals surface area contributed by atoms with Gasteiger partial charge in [0.15, 0.2) is 0 Å². The standard InChI is InChI=1S/C15H20FNO/c1-11-4-5-13(16)8-12(11)9-14(18)15(10-17)6-2-3-7-15/h4-5,8H,2-3,6-7,9-10,17H2,1H3. The fraction of sp³-hybridized carbons (Fsp3) is 0.533. The van der Waals surface area contributed by atoms with Gasteiger partial charge in [-0.3, -0.25) is 4.79 Å². The number of aryl methyl sites for hydroxylation is 1. The molecule has 0 amide bonds. The third-order valence-electron chi connectivity index (χ3n) is 4.21. The molecule has 2 nitrogen and oxygen atoms in total. The summed E-state index contributed by atoms with van der Waals surface area (Å²) in [5.41, 5.74) is 7.21. The van der Waals surface area contributed by atoms with Crippen molar-refractivity contribution >= 4 is 5.78 Å². The number of hydrogen-bond donors (Lipinski definition) is 1. The molecule has 98 valence electrons. The Hall–Kier alpha value is -1.22. The molecule has 1 aromatic carbocycles.